The highest BCUT2D eigenvalue weighted by molar-refractivity contribution is 5.87. The lowest BCUT2D eigenvalue weighted by atomic mass is 9.97. The van der Waals surface area contributed by atoms with Gasteiger partial charge in [-0.05, 0) is 18.2 Å². The predicted octanol–water partition coefficient (Wildman–Crippen LogP) is 2.46. The Bertz CT molecular complexity index is 1350. The summed E-state index contributed by atoms with van der Waals surface area (Å²) in [6.45, 7) is 0.387. The van der Waals surface area contributed by atoms with E-state index in [9.17, 15) is 9.90 Å². The van der Waals surface area contributed by atoms with Gasteiger partial charge in [0, 0.05) is 56.6 Å². The van der Waals surface area contributed by atoms with E-state index in [0.717, 1.165) is 0 Å². The average Bonchev–Trinajstić information content (AvgIpc) is 3.52. The third kappa shape index (κ3) is 3.61. The molecule has 4 heterocycles. The molecule has 1 fully saturated rings. The molecule has 3 aromatic heterocycles. The number of halogens is 1. The number of hydrogen-bond donors (Lipinski definition) is 2. The van der Waals surface area contributed by atoms with Gasteiger partial charge in [-0.3, -0.25) is 9.48 Å². The molecule has 1 saturated heterocycles. The van der Waals surface area contributed by atoms with Crippen LogP contribution in [-0.2, 0) is 17.4 Å². The summed E-state index contributed by atoms with van der Waals surface area (Å²) in [5.74, 6) is -0.763. The van der Waals surface area contributed by atoms with E-state index in [1.807, 2.05) is 0 Å². The molecule has 1 atom stereocenters. The van der Waals surface area contributed by atoms with Crippen LogP contribution < -0.4 is 5.32 Å². The largest absolute Gasteiger partial charge is 0.373 e. The van der Waals surface area contributed by atoms with Crippen molar-refractivity contribution < 1.29 is 18.8 Å². The number of nitrogens with one attached hydrogen (secondary N) is 1. The van der Waals surface area contributed by atoms with Crippen LogP contribution in [0.5, 0.6) is 0 Å². The molecule has 0 bridgehead atoms. The molecule has 0 spiro atoms. The first-order valence-electron chi connectivity index (χ1n) is 10.2. The zero-order chi connectivity index (χ0) is 23.2. The molecular formula is C22H20FN7O3. The summed E-state index contributed by atoms with van der Waals surface area (Å²) in [5.41, 5.74) is -0.167. The second kappa shape index (κ2) is 7.78. The van der Waals surface area contributed by atoms with Gasteiger partial charge in [-0.1, -0.05) is 11.2 Å². The molecule has 1 aliphatic rings. The molecule has 0 aliphatic carbocycles. The maximum Gasteiger partial charge on any atom is 0.262 e. The van der Waals surface area contributed by atoms with Crippen LogP contribution in [0.3, 0.4) is 0 Å². The SMILES string of the molecule is CN1CCC(O)(c2cc(-c3cccc(-c4ccnc(Nc5cnn(C)c5)n4)c3F)no2)C1=O. The van der Waals surface area contributed by atoms with Crippen LogP contribution >= 0.6 is 0 Å². The van der Waals surface area contributed by atoms with Crippen LogP contribution in [0.4, 0.5) is 16.0 Å². The van der Waals surface area contributed by atoms with Crippen LogP contribution in [0.1, 0.15) is 12.2 Å². The Hall–Kier alpha value is -4.12. The molecule has 1 aromatic carbocycles. The number of likely N-dealkylation sites (N-methyl/N-ethyl adjacent to an activating group) is 1. The van der Waals surface area contributed by atoms with Crippen molar-refractivity contribution in [3.63, 3.8) is 0 Å². The molecule has 10 nitrogen and oxygen atoms in total. The molecule has 11 heteroatoms. The monoisotopic (exact) mass is 449 g/mol. The van der Waals surface area contributed by atoms with Crippen molar-refractivity contribution in [3.05, 3.63) is 60.5 Å². The van der Waals surface area contributed by atoms with Gasteiger partial charge in [0.25, 0.3) is 5.91 Å². The lowest BCUT2D eigenvalue weighted by Crippen LogP contribution is -2.35. The van der Waals surface area contributed by atoms with Crippen LogP contribution in [-0.4, -0.2) is 54.4 Å². The number of likely N-dealkylation sites (tertiary alicyclic amines) is 1. The van der Waals surface area contributed by atoms with Crippen molar-refractivity contribution in [1.29, 1.82) is 0 Å². The van der Waals surface area contributed by atoms with Crippen LogP contribution in [0.2, 0.25) is 0 Å². The minimum absolute atomic E-state index is 0.0124. The highest BCUT2D eigenvalue weighted by Gasteiger charge is 2.48. The van der Waals surface area contributed by atoms with E-state index in [0.29, 0.717) is 23.9 Å². The second-order valence-corrected chi connectivity index (χ2v) is 7.87. The summed E-state index contributed by atoms with van der Waals surface area (Å²) in [7, 11) is 3.39. The fraction of sp³-hybridized carbons (Fsp3) is 0.227. The van der Waals surface area contributed by atoms with Crippen molar-refractivity contribution in [2.75, 3.05) is 18.9 Å². The third-order valence-corrected chi connectivity index (χ3v) is 5.59. The zero-order valence-corrected chi connectivity index (χ0v) is 17.9. The number of carbonyl (C=O) groups excluding carboxylic acids is 1. The van der Waals surface area contributed by atoms with E-state index in [1.54, 1.807) is 55.4 Å². The number of aliphatic hydroxyl groups is 1. The highest BCUT2D eigenvalue weighted by atomic mass is 19.1. The summed E-state index contributed by atoms with van der Waals surface area (Å²) < 4.78 is 22.4. The number of amides is 1. The van der Waals surface area contributed by atoms with E-state index < -0.39 is 17.3 Å². The number of hydrogen-bond acceptors (Lipinski definition) is 8. The van der Waals surface area contributed by atoms with E-state index in [4.69, 9.17) is 4.52 Å². The summed E-state index contributed by atoms with van der Waals surface area (Å²) in [5, 5.41) is 21.8. The quantitative estimate of drug-likeness (QED) is 0.477. The first kappa shape index (κ1) is 20.8. The van der Waals surface area contributed by atoms with Gasteiger partial charge in [0.15, 0.2) is 5.76 Å². The standard InChI is InChI=1S/C22H20FN7O3/c1-29-9-7-22(32,20(29)31)18-10-17(28-33-18)15-5-3-4-14(19(15)23)16-6-8-24-21(27-16)26-13-11-25-30(2)12-13/h3-6,8,10-12,32H,7,9H2,1-2H3,(H,24,26,27). The number of aryl methyl sites for hydroxylation is 1. The summed E-state index contributed by atoms with van der Waals surface area (Å²) in [6.07, 6.45) is 5.09. The predicted molar refractivity (Wildman–Crippen MR) is 116 cm³/mol. The maximum atomic E-state index is 15.5. The van der Waals surface area contributed by atoms with Gasteiger partial charge in [-0.25, -0.2) is 14.4 Å². The fourth-order valence-corrected chi connectivity index (χ4v) is 3.79. The number of rotatable bonds is 5. The zero-order valence-electron chi connectivity index (χ0n) is 17.9. The number of nitrogens with zero attached hydrogens (tertiary/aromatic N) is 6. The van der Waals surface area contributed by atoms with Crippen molar-refractivity contribution in [1.82, 2.24) is 29.8 Å². The Labute approximate surface area is 187 Å². The van der Waals surface area contributed by atoms with Crippen LogP contribution in [0.25, 0.3) is 22.5 Å². The number of aromatic nitrogens is 5. The maximum absolute atomic E-state index is 15.5. The van der Waals surface area contributed by atoms with Gasteiger partial charge in [0.05, 0.1) is 17.6 Å². The van der Waals surface area contributed by atoms with E-state index in [2.05, 4.69) is 25.5 Å². The molecule has 5 rings (SSSR count). The van der Waals surface area contributed by atoms with Gasteiger partial charge in [0.1, 0.15) is 11.5 Å². The topological polar surface area (TPSA) is 122 Å². The van der Waals surface area contributed by atoms with Gasteiger partial charge in [-0.15, -0.1) is 0 Å². The Morgan fingerprint density at radius 2 is 2.00 bits per heavy atom. The van der Waals surface area contributed by atoms with Gasteiger partial charge in [-0.2, -0.15) is 5.10 Å². The van der Waals surface area contributed by atoms with Crippen molar-refractivity contribution in [3.8, 4) is 22.5 Å². The second-order valence-electron chi connectivity index (χ2n) is 7.87. The van der Waals surface area contributed by atoms with Gasteiger partial charge < -0.3 is 19.8 Å². The third-order valence-electron chi connectivity index (χ3n) is 5.59. The molecule has 4 aromatic rings. The van der Waals surface area contributed by atoms with Crippen LogP contribution in [0.15, 0.2) is 53.4 Å². The number of benzene rings is 1. The van der Waals surface area contributed by atoms with E-state index in [1.165, 1.54) is 17.2 Å². The Balaban J connectivity index is 1.47. The number of anilines is 2. The normalized spacial score (nSPS) is 18.2. The summed E-state index contributed by atoms with van der Waals surface area (Å²) in [4.78, 5) is 22.3. The highest BCUT2D eigenvalue weighted by Crippen LogP contribution is 2.36. The molecular weight excluding hydrogens is 429 g/mol. The van der Waals surface area contributed by atoms with E-state index >= 15 is 4.39 Å². The minimum atomic E-state index is -1.80. The smallest absolute Gasteiger partial charge is 0.262 e. The Morgan fingerprint density at radius 3 is 2.70 bits per heavy atom. The first-order valence-corrected chi connectivity index (χ1v) is 10.2. The van der Waals surface area contributed by atoms with Crippen molar-refractivity contribution in [2.24, 2.45) is 7.05 Å². The summed E-state index contributed by atoms with van der Waals surface area (Å²) in [6, 6.07) is 7.80. The molecule has 0 radical (unpaired) electrons. The van der Waals surface area contributed by atoms with Gasteiger partial charge >= 0.3 is 0 Å². The molecule has 0 saturated carbocycles. The van der Waals surface area contributed by atoms with Gasteiger partial charge in [0.2, 0.25) is 11.5 Å². The lowest BCUT2D eigenvalue weighted by molar-refractivity contribution is -0.144. The molecule has 168 valence electrons. The van der Waals surface area contributed by atoms with Crippen molar-refractivity contribution in [2.45, 2.75) is 12.0 Å². The van der Waals surface area contributed by atoms with Crippen molar-refractivity contribution >= 4 is 17.5 Å². The summed E-state index contributed by atoms with van der Waals surface area (Å²) >= 11 is 0. The van der Waals surface area contributed by atoms with Crippen LogP contribution in [0, 0.1) is 5.82 Å². The molecule has 1 amide bonds. The lowest BCUT2D eigenvalue weighted by Gasteiger charge is -2.16. The Morgan fingerprint density at radius 1 is 1.21 bits per heavy atom. The minimum Gasteiger partial charge on any atom is -0.373 e. The molecule has 1 aliphatic heterocycles. The van der Waals surface area contributed by atoms with E-state index in [-0.39, 0.29) is 29.0 Å². The average molecular weight is 449 g/mol. The first-order chi connectivity index (χ1) is 15.8. The Kier molecular flexibility index (Phi) is 4.90. The molecule has 2 N–H and O–H groups in total. The molecule has 1 unspecified atom stereocenters. The number of carbonyl (C=O) groups is 1. The molecule has 33 heavy (non-hydrogen) atoms. The fourth-order valence-electron chi connectivity index (χ4n) is 3.79.